The Morgan fingerprint density at radius 1 is 1.26 bits per heavy atom. The van der Waals surface area contributed by atoms with Crippen molar-refractivity contribution in [1.29, 1.82) is 0 Å². The number of rotatable bonds is 5. The van der Waals surface area contributed by atoms with E-state index < -0.39 is 23.0 Å². The summed E-state index contributed by atoms with van der Waals surface area (Å²) in [5, 5.41) is 0. The van der Waals surface area contributed by atoms with Gasteiger partial charge < -0.3 is 0 Å². The zero-order chi connectivity index (χ0) is 13.8. The van der Waals surface area contributed by atoms with Crippen LogP contribution in [-0.2, 0) is 0 Å². The molecule has 0 amide bonds. The number of halogens is 2. The van der Waals surface area contributed by atoms with E-state index in [0.29, 0.717) is 5.92 Å². The molecule has 0 spiro atoms. The third-order valence-electron chi connectivity index (χ3n) is 3.70. The number of carbonyl (C=O) groups excluding carboxylic acids is 1. The Hall–Kier alpha value is -1.29. The topological polar surface area (TPSA) is 20.3 Å². The Balaban J connectivity index is 1.96. The van der Waals surface area contributed by atoms with Crippen molar-refractivity contribution in [2.24, 2.45) is 5.92 Å². The lowest BCUT2D eigenvalue weighted by atomic mass is 10.1. The smallest absolute Gasteiger partial charge is 0.182 e. The summed E-state index contributed by atoms with van der Waals surface area (Å²) in [6.45, 7) is 0.885. The summed E-state index contributed by atoms with van der Waals surface area (Å²) in [5.41, 5.74) is -0.416. The van der Waals surface area contributed by atoms with Gasteiger partial charge in [-0.3, -0.25) is 9.69 Å². The van der Waals surface area contributed by atoms with Gasteiger partial charge in [0.1, 0.15) is 11.6 Å². The Bertz CT molecular complexity index is 435. The number of benzene rings is 1. The number of carbonyl (C=O) groups is 1. The number of hydrogen-bond donors (Lipinski definition) is 0. The van der Waals surface area contributed by atoms with Crippen LogP contribution in [0.5, 0.6) is 0 Å². The molecule has 1 aromatic carbocycles. The summed E-state index contributed by atoms with van der Waals surface area (Å²) in [5.74, 6) is -1.43. The Morgan fingerprint density at radius 3 is 2.42 bits per heavy atom. The van der Waals surface area contributed by atoms with Crippen molar-refractivity contribution in [3.63, 3.8) is 0 Å². The highest BCUT2D eigenvalue weighted by Crippen LogP contribution is 2.25. The molecule has 1 aliphatic carbocycles. The van der Waals surface area contributed by atoms with Crippen molar-refractivity contribution in [3.8, 4) is 0 Å². The summed E-state index contributed by atoms with van der Waals surface area (Å²) >= 11 is 0. The predicted molar refractivity (Wildman–Crippen MR) is 70.1 cm³/mol. The molecule has 2 nitrogen and oxygen atoms in total. The van der Waals surface area contributed by atoms with Gasteiger partial charge in [0.2, 0.25) is 0 Å². The van der Waals surface area contributed by atoms with Crippen molar-refractivity contribution in [1.82, 2.24) is 4.90 Å². The van der Waals surface area contributed by atoms with E-state index in [1.54, 1.807) is 0 Å². The van der Waals surface area contributed by atoms with Gasteiger partial charge in [-0.25, -0.2) is 8.78 Å². The molecule has 0 N–H and O–H groups in total. The van der Waals surface area contributed by atoms with Gasteiger partial charge in [-0.2, -0.15) is 0 Å². The Labute approximate surface area is 112 Å². The van der Waals surface area contributed by atoms with E-state index in [1.807, 2.05) is 11.9 Å². The average molecular weight is 267 g/mol. The molecule has 4 heteroatoms. The summed E-state index contributed by atoms with van der Waals surface area (Å²) < 4.78 is 27.0. The molecule has 0 aromatic heterocycles. The van der Waals surface area contributed by atoms with Gasteiger partial charge in [0, 0.05) is 6.54 Å². The minimum Gasteiger partial charge on any atom is -0.299 e. The van der Waals surface area contributed by atoms with E-state index in [-0.39, 0.29) is 6.54 Å². The molecule has 0 heterocycles. The van der Waals surface area contributed by atoms with Gasteiger partial charge in [-0.05, 0) is 37.9 Å². The molecule has 0 saturated heterocycles. The molecule has 104 valence electrons. The van der Waals surface area contributed by atoms with E-state index >= 15 is 0 Å². The van der Waals surface area contributed by atoms with Crippen LogP contribution in [0, 0.1) is 17.6 Å². The number of hydrogen-bond acceptors (Lipinski definition) is 2. The van der Waals surface area contributed by atoms with Crippen LogP contribution in [0.3, 0.4) is 0 Å². The fourth-order valence-corrected chi connectivity index (χ4v) is 2.79. The van der Waals surface area contributed by atoms with Crippen LogP contribution < -0.4 is 0 Å². The molecule has 0 unspecified atom stereocenters. The van der Waals surface area contributed by atoms with Gasteiger partial charge >= 0.3 is 0 Å². The highest BCUT2D eigenvalue weighted by atomic mass is 19.1. The van der Waals surface area contributed by atoms with Gasteiger partial charge in [0.15, 0.2) is 5.78 Å². The second-order valence-electron chi connectivity index (χ2n) is 5.37. The average Bonchev–Trinajstić information content (AvgIpc) is 2.81. The largest absolute Gasteiger partial charge is 0.299 e. The first-order valence-electron chi connectivity index (χ1n) is 6.73. The molecular weight excluding hydrogens is 248 g/mol. The summed E-state index contributed by atoms with van der Waals surface area (Å²) in [4.78, 5) is 13.8. The quantitative estimate of drug-likeness (QED) is 0.763. The van der Waals surface area contributed by atoms with Crippen molar-refractivity contribution in [3.05, 3.63) is 35.4 Å². The van der Waals surface area contributed by atoms with Crippen LogP contribution in [0.4, 0.5) is 8.78 Å². The zero-order valence-electron chi connectivity index (χ0n) is 11.2. The summed E-state index contributed by atoms with van der Waals surface area (Å²) in [6.07, 6.45) is 4.86. The number of ketones is 1. The van der Waals surface area contributed by atoms with Crippen LogP contribution in [-0.4, -0.2) is 30.8 Å². The second-order valence-corrected chi connectivity index (χ2v) is 5.37. The normalized spacial score (nSPS) is 16.2. The molecule has 0 aliphatic heterocycles. The number of nitrogens with zero attached hydrogens (tertiary/aromatic N) is 1. The van der Waals surface area contributed by atoms with Crippen molar-refractivity contribution in [2.45, 2.75) is 25.7 Å². The second kappa shape index (κ2) is 6.24. The van der Waals surface area contributed by atoms with Gasteiger partial charge in [-0.1, -0.05) is 18.9 Å². The Kier molecular flexibility index (Phi) is 4.64. The molecule has 0 atom stereocenters. The standard InChI is InChI=1S/C15H19F2NO/c1-18(9-11-5-2-3-6-11)10-14(19)15-12(16)7-4-8-13(15)17/h4,7-8,11H,2-3,5-6,9-10H2,1H3. The number of Topliss-reactive ketones (excluding diaryl/α,β-unsaturated/α-hetero) is 1. The fraction of sp³-hybridized carbons (Fsp3) is 0.533. The maximum atomic E-state index is 13.5. The third kappa shape index (κ3) is 3.60. The first kappa shape index (κ1) is 14.1. The van der Waals surface area contributed by atoms with Crippen molar-refractivity contribution >= 4 is 5.78 Å². The van der Waals surface area contributed by atoms with E-state index in [0.717, 1.165) is 18.7 Å². The lowest BCUT2D eigenvalue weighted by Gasteiger charge is -2.20. The first-order chi connectivity index (χ1) is 9.08. The summed E-state index contributed by atoms with van der Waals surface area (Å²) in [7, 11) is 1.83. The Morgan fingerprint density at radius 2 is 1.84 bits per heavy atom. The summed E-state index contributed by atoms with van der Waals surface area (Å²) in [6, 6.07) is 3.50. The molecule has 1 fully saturated rings. The highest BCUT2D eigenvalue weighted by molar-refractivity contribution is 5.98. The minimum atomic E-state index is -0.778. The predicted octanol–water partition coefficient (Wildman–Crippen LogP) is 3.27. The maximum absolute atomic E-state index is 13.5. The molecule has 0 radical (unpaired) electrons. The third-order valence-corrected chi connectivity index (χ3v) is 3.70. The lowest BCUT2D eigenvalue weighted by molar-refractivity contribution is 0.0929. The molecule has 1 aliphatic rings. The minimum absolute atomic E-state index is 0.0638. The van der Waals surface area contributed by atoms with Gasteiger partial charge in [0.25, 0.3) is 0 Å². The molecule has 1 saturated carbocycles. The molecule has 1 aromatic rings. The molecule has 0 bridgehead atoms. The van der Waals surface area contributed by atoms with Crippen LogP contribution in [0.1, 0.15) is 36.0 Å². The number of likely N-dealkylation sites (N-methyl/N-ethyl adjacent to an activating group) is 1. The maximum Gasteiger partial charge on any atom is 0.182 e. The fourth-order valence-electron chi connectivity index (χ4n) is 2.79. The van der Waals surface area contributed by atoms with Crippen LogP contribution in [0.2, 0.25) is 0 Å². The van der Waals surface area contributed by atoms with Gasteiger partial charge in [-0.15, -0.1) is 0 Å². The van der Waals surface area contributed by atoms with Gasteiger partial charge in [0.05, 0.1) is 12.1 Å². The van der Waals surface area contributed by atoms with Crippen molar-refractivity contribution in [2.75, 3.05) is 20.1 Å². The van der Waals surface area contributed by atoms with Crippen LogP contribution in [0.15, 0.2) is 18.2 Å². The van der Waals surface area contributed by atoms with E-state index in [1.165, 1.54) is 31.7 Å². The zero-order valence-corrected chi connectivity index (χ0v) is 11.2. The first-order valence-corrected chi connectivity index (χ1v) is 6.73. The SMILES string of the molecule is CN(CC(=O)c1c(F)cccc1F)CC1CCCC1. The molecule has 19 heavy (non-hydrogen) atoms. The molecular formula is C15H19F2NO. The van der Waals surface area contributed by atoms with Crippen LogP contribution in [0.25, 0.3) is 0 Å². The highest BCUT2D eigenvalue weighted by Gasteiger charge is 2.21. The van der Waals surface area contributed by atoms with E-state index in [2.05, 4.69) is 0 Å². The van der Waals surface area contributed by atoms with E-state index in [4.69, 9.17) is 0 Å². The monoisotopic (exact) mass is 267 g/mol. The lowest BCUT2D eigenvalue weighted by Crippen LogP contribution is -2.31. The van der Waals surface area contributed by atoms with Crippen LogP contribution >= 0.6 is 0 Å². The van der Waals surface area contributed by atoms with E-state index in [9.17, 15) is 13.6 Å². The van der Waals surface area contributed by atoms with Crippen molar-refractivity contribution < 1.29 is 13.6 Å². The molecule has 2 rings (SSSR count).